The van der Waals surface area contributed by atoms with Crippen molar-refractivity contribution in [3.05, 3.63) is 42.2 Å². The van der Waals surface area contributed by atoms with Gasteiger partial charge in [0.2, 0.25) is 0 Å². The van der Waals surface area contributed by atoms with E-state index in [1.807, 2.05) is 30.5 Å². The standard InChI is InChI=1S/C17H20N2O/c20-17(7-11-19-9-2-1-3-10-19)15-5-4-14-6-8-18-13-16(14)12-15/h4-6,8,12-13H,1-3,7,9-11H2. The maximum Gasteiger partial charge on any atom is 0.164 e. The molecule has 0 spiro atoms. The summed E-state index contributed by atoms with van der Waals surface area (Å²) in [4.78, 5) is 18.8. The zero-order valence-electron chi connectivity index (χ0n) is 11.7. The van der Waals surface area contributed by atoms with E-state index in [1.54, 1.807) is 6.20 Å². The summed E-state index contributed by atoms with van der Waals surface area (Å²) in [5, 5.41) is 2.17. The molecule has 1 saturated heterocycles. The van der Waals surface area contributed by atoms with E-state index in [2.05, 4.69) is 9.88 Å². The van der Waals surface area contributed by atoms with Crippen LogP contribution in [-0.2, 0) is 0 Å². The van der Waals surface area contributed by atoms with Crippen molar-refractivity contribution in [1.82, 2.24) is 9.88 Å². The molecular formula is C17H20N2O. The Morgan fingerprint density at radius 3 is 2.80 bits per heavy atom. The van der Waals surface area contributed by atoms with Gasteiger partial charge in [-0.25, -0.2) is 0 Å². The number of carbonyl (C=O) groups is 1. The first-order valence-corrected chi connectivity index (χ1v) is 7.42. The van der Waals surface area contributed by atoms with E-state index in [4.69, 9.17) is 0 Å². The number of carbonyl (C=O) groups excluding carboxylic acids is 1. The molecule has 0 bridgehead atoms. The van der Waals surface area contributed by atoms with Gasteiger partial charge >= 0.3 is 0 Å². The minimum Gasteiger partial charge on any atom is -0.303 e. The molecule has 0 N–H and O–H groups in total. The average Bonchev–Trinajstić information content (AvgIpc) is 2.53. The van der Waals surface area contributed by atoms with Gasteiger partial charge in [0.05, 0.1) is 0 Å². The van der Waals surface area contributed by atoms with Crippen LogP contribution in [0.15, 0.2) is 36.7 Å². The van der Waals surface area contributed by atoms with Crippen LogP contribution in [-0.4, -0.2) is 35.3 Å². The molecule has 1 aliphatic heterocycles. The monoisotopic (exact) mass is 268 g/mol. The molecular weight excluding hydrogens is 248 g/mol. The number of hydrogen-bond acceptors (Lipinski definition) is 3. The lowest BCUT2D eigenvalue weighted by molar-refractivity contribution is 0.0959. The Hall–Kier alpha value is -1.74. The molecule has 0 radical (unpaired) electrons. The van der Waals surface area contributed by atoms with E-state index in [0.29, 0.717) is 6.42 Å². The number of piperidine rings is 1. The minimum atomic E-state index is 0.237. The molecule has 2 aromatic rings. The molecule has 0 amide bonds. The largest absolute Gasteiger partial charge is 0.303 e. The van der Waals surface area contributed by atoms with E-state index >= 15 is 0 Å². The first-order valence-electron chi connectivity index (χ1n) is 7.42. The van der Waals surface area contributed by atoms with Crippen LogP contribution in [0.25, 0.3) is 10.8 Å². The van der Waals surface area contributed by atoms with Gasteiger partial charge in [-0.1, -0.05) is 18.6 Å². The number of fused-ring (bicyclic) bond motifs is 1. The summed E-state index contributed by atoms with van der Waals surface area (Å²) in [6.45, 7) is 3.19. The Morgan fingerprint density at radius 1 is 1.10 bits per heavy atom. The minimum absolute atomic E-state index is 0.237. The van der Waals surface area contributed by atoms with Crippen LogP contribution in [0.4, 0.5) is 0 Å². The van der Waals surface area contributed by atoms with Crippen molar-refractivity contribution in [3.8, 4) is 0 Å². The Balaban J connectivity index is 1.65. The van der Waals surface area contributed by atoms with Gasteiger partial charge in [-0.3, -0.25) is 9.78 Å². The quantitative estimate of drug-likeness (QED) is 0.798. The third-order valence-electron chi connectivity index (χ3n) is 4.07. The van der Waals surface area contributed by atoms with Gasteiger partial charge in [0, 0.05) is 36.3 Å². The lowest BCUT2D eigenvalue weighted by Crippen LogP contribution is -2.31. The molecule has 1 aromatic carbocycles. The number of rotatable bonds is 4. The first-order chi connectivity index (χ1) is 9.83. The number of ketones is 1. The Labute approximate surface area is 119 Å². The third kappa shape index (κ3) is 3.05. The lowest BCUT2D eigenvalue weighted by Gasteiger charge is -2.25. The Morgan fingerprint density at radius 2 is 1.95 bits per heavy atom. The maximum absolute atomic E-state index is 12.3. The summed E-state index contributed by atoms with van der Waals surface area (Å²) in [6, 6.07) is 7.87. The van der Waals surface area contributed by atoms with Crippen molar-refractivity contribution in [1.29, 1.82) is 0 Å². The van der Waals surface area contributed by atoms with E-state index in [9.17, 15) is 4.79 Å². The van der Waals surface area contributed by atoms with Crippen molar-refractivity contribution in [2.75, 3.05) is 19.6 Å². The predicted molar refractivity (Wildman–Crippen MR) is 81.0 cm³/mol. The fourth-order valence-corrected chi connectivity index (χ4v) is 2.85. The summed E-state index contributed by atoms with van der Waals surface area (Å²) >= 11 is 0. The van der Waals surface area contributed by atoms with Crippen LogP contribution in [0.5, 0.6) is 0 Å². The second kappa shape index (κ2) is 6.14. The second-order valence-corrected chi connectivity index (χ2v) is 5.51. The fraction of sp³-hybridized carbons (Fsp3) is 0.412. The highest BCUT2D eigenvalue weighted by Gasteiger charge is 2.13. The fourth-order valence-electron chi connectivity index (χ4n) is 2.85. The molecule has 2 heterocycles. The molecule has 1 aliphatic rings. The van der Waals surface area contributed by atoms with Crippen molar-refractivity contribution in [2.24, 2.45) is 0 Å². The van der Waals surface area contributed by atoms with Crippen LogP contribution in [0, 0.1) is 0 Å². The van der Waals surface area contributed by atoms with Crippen LogP contribution >= 0.6 is 0 Å². The Kier molecular flexibility index (Phi) is 4.07. The third-order valence-corrected chi connectivity index (χ3v) is 4.07. The summed E-state index contributed by atoms with van der Waals surface area (Å²) < 4.78 is 0. The zero-order chi connectivity index (χ0) is 13.8. The number of likely N-dealkylation sites (tertiary alicyclic amines) is 1. The molecule has 1 fully saturated rings. The molecule has 0 unspecified atom stereocenters. The average molecular weight is 268 g/mol. The number of nitrogens with zero attached hydrogens (tertiary/aromatic N) is 2. The van der Waals surface area contributed by atoms with Crippen LogP contribution < -0.4 is 0 Å². The highest BCUT2D eigenvalue weighted by molar-refractivity contribution is 5.99. The molecule has 0 atom stereocenters. The number of aromatic nitrogens is 1. The molecule has 0 saturated carbocycles. The highest BCUT2D eigenvalue weighted by atomic mass is 16.1. The van der Waals surface area contributed by atoms with Gasteiger partial charge < -0.3 is 4.90 Å². The molecule has 0 aliphatic carbocycles. The first kappa shape index (κ1) is 13.3. The van der Waals surface area contributed by atoms with E-state index in [0.717, 1.165) is 36.0 Å². The normalized spacial score (nSPS) is 16.4. The highest BCUT2D eigenvalue weighted by Crippen LogP contribution is 2.16. The smallest absolute Gasteiger partial charge is 0.164 e. The predicted octanol–water partition coefficient (Wildman–Crippen LogP) is 3.29. The van der Waals surface area contributed by atoms with Gasteiger partial charge in [-0.2, -0.15) is 0 Å². The van der Waals surface area contributed by atoms with Gasteiger partial charge in [0.15, 0.2) is 5.78 Å². The van der Waals surface area contributed by atoms with Crippen LogP contribution in [0.3, 0.4) is 0 Å². The zero-order valence-corrected chi connectivity index (χ0v) is 11.7. The summed E-state index contributed by atoms with van der Waals surface area (Å²) in [5.74, 6) is 0.237. The number of Topliss-reactive ketones (excluding diaryl/α,β-unsaturated/α-hetero) is 1. The summed E-state index contributed by atoms with van der Waals surface area (Å²) in [7, 11) is 0. The molecule has 104 valence electrons. The van der Waals surface area contributed by atoms with E-state index < -0.39 is 0 Å². The molecule has 3 heteroatoms. The van der Waals surface area contributed by atoms with Gasteiger partial charge in [0.25, 0.3) is 0 Å². The van der Waals surface area contributed by atoms with Gasteiger partial charge in [-0.15, -0.1) is 0 Å². The van der Waals surface area contributed by atoms with E-state index in [-0.39, 0.29) is 5.78 Å². The number of pyridine rings is 1. The van der Waals surface area contributed by atoms with Crippen LogP contribution in [0.2, 0.25) is 0 Å². The topological polar surface area (TPSA) is 33.2 Å². The van der Waals surface area contributed by atoms with Crippen molar-refractivity contribution in [2.45, 2.75) is 25.7 Å². The van der Waals surface area contributed by atoms with Crippen molar-refractivity contribution < 1.29 is 4.79 Å². The summed E-state index contributed by atoms with van der Waals surface area (Å²) in [6.07, 6.45) is 8.09. The SMILES string of the molecule is O=C(CCN1CCCCC1)c1ccc2ccncc2c1. The molecule has 20 heavy (non-hydrogen) atoms. The Bertz CT molecular complexity index is 603. The molecule has 3 nitrogen and oxygen atoms in total. The lowest BCUT2D eigenvalue weighted by atomic mass is 10.0. The van der Waals surface area contributed by atoms with E-state index in [1.165, 1.54) is 19.3 Å². The van der Waals surface area contributed by atoms with Crippen molar-refractivity contribution >= 4 is 16.6 Å². The summed E-state index contributed by atoms with van der Waals surface area (Å²) in [5.41, 5.74) is 0.808. The number of hydrogen-bond donors (Lipinski definition) is 0. The van der Waals surface area contributed by atoms with Crippen LogP contribution in [0.1, 0.15) is 36.0 Å². The number of benzene rings is 1. The molecule has 1 aromatic heterocycles. The van der Waals surface area contributed by atoms with Gasteiger partial charge in [-0.05, 0) is 43.5 Å². The molecule has 3 rings (SSSR count). The maximum atomic E-state index is 12.3. The van der Waals surface area contributed by atoms with Crippen molar-refractivity contribution in [3.63, 3.8) is 0 Å². The van der Waals surface area contributed by atoms with Gasteiger partial charge in [0.1, 0.15) is 0 Å². The second-order valence-electron chi connectivity index (χ2n) is 5.51.